The van der Waals surface area contributed by atoms with Crippen molar-refractivity contribution >= 4 is 28.9 Å². The van der Waals surface area contributed by atoms with E-state index in [2.05, 4.69) is 4.74 Å². The van der Waals surface area contributed by atoms with Crippen molar-refractivity contribution < 1.29 is 9.53 Å². The molecule has 1 rings (SSSR count). The van der Waals surface area contributed by atoms with E-state index in [-0.39, 0.29) is 0 Å². The molecule has 12 heavy (non-hydrogen) atoms. The number of carbonyl (C=O) groups is 1. The summed E-state index contributed by atoms with van der Waals surface area (Å²) in [5.74, 6) is -0.473. The molecule has 1 aromatic heterocycles. The molecule has 0 aliphatic carbocycles. The van der Waals surface area contributed by atoms with Crippen LogP contribution in [-0.2, 0) is 9.53 Å². The first-order chi connectivity index (χ1) is 5.66. The summed E-state index contributed by atoms with van der Waals surface area (Å²) >= 11 is 7.10. The largest absolute Gasteiger partial charge is 0.468 e. The number of halogens is 1. The molecule has 0 spiro atoms. The molecule has 0 fully saturated rings. The van der Waals surface area contributed by atoms with Crippen molar-refractivity contribution in [1.29, 1.82) is 0 Å². The molecule has 0 saturated carbocycles. The lowest BCUT2D eigenvalue weighted by molar-refractivity contribution is -0.142. The molecule has 2 N–H and O–H groups in total. The van der Waals surface area contributed by atoms with Crippen molar-refractivity contribution in [2.75, 3.05) is 7.11 Å². The third-order valence-electron chi connectivity index (χ3n) is 1.38. The molecule has 1 atom stereocenters. The number of esters is 1. The van der Waals surface area contributed by atoms with Crippen LogP contribution in [0.15, 0.2) is 11.4 Å². The van der Waals surface area contributed by atoms with Gasteiger partial charge >= 0.3 is 5.97 Å². The molecule has 0 unspecified atom stereocenters. The average molecular weight is 206 g/mol. The van der Waals surface area contributed by atoms with Gasteiger partial charge in [0.15, 0.2) is 0 Å². The van der Waals surface area contributed by atoms with Crippen LogP contribution in [0.4, 0.5) is 0 Å². The van der Waals surface area contributed by atoms with Crippen LogP contribution in [0.25, 0.3) is 0 Å². The molecule has 0 bridgehead atoms. The topological polar surface area (TPSA) is 52.3 Å². The van der Waals surface area contributed by atoms with Crippen LogP contribution in [0.3, 0.4) is 0 Å². The Balaban J connectivity index is 2.84. The number of carbonyl (C=O) groups excluding carboxylic acids is 1. The Morgan fingerprint density at radius 3 is 2.92 bits per heavy atom. The fraction of sp³-hybridized carbons (Fsp3) is 0.286. The molecule has 0 saturated heterocycles. The maximum absolute atomic E-state index is 11.0. The number of ether oxygens (including phenoxy) is 1. The van der Waals surface area contributed by atoms with Crippen LogP contribution in [0.2, 0.25) is 5.02 Å². The van der Waals surface area contributed by atoms with Crippen LogP contribution in [0.1, 0.15) is 10.9 Å². The van der Waals surface area contributed by atoms with Crippen molar-refractivity contribution in [3.63, 3.8) is 0 Å². The molecule has 0 aliphatic rings. The first kappa shape index (κ1) is 9.51. The number of hydrogen-bond acceptors (Lipinski definition) is 4. The van der Waals surface area contributed by atoms with Crippen LogP contribution < -0.4 is 5.73 Å². The maximum atomic E-state index is 11.0. The lowest BCUT2D eigenvalue weighted by atomic mass is 10.2. The second kappa shape index (κ2) is 3.89. The SMILES string of the molecule is COC(=O)[C@H](N)c1sccc1Cl. The van der Waals surface area contributed by atoms with Gasteiger partial charge < -0.3 is 10.5 Å². The van der Waals surface area contributed by atoms with Gasteiger partial charge in [0.25, 0.3) is 0 Å². The van der Waals surface area contributed by atoms with Gasteiger partial charge in [0.1, 0.15) is 6.04 Å². The maximum Gasteiger partial charge on any atom is 0.328 e. The van der Waals surface area contributed by atoms with E-state index in [1.54, 1.807) is 11.4 Å². The van der Waals surface area contributed by atoms with Crippen molar-refractivity contribution in [1.82, 2.24) is 0 Å². The fourth-order valence-electron chi connectivity index (χ4n) is 0.761. The van der Waals surface area contributed by atoms with Crippen molar-refractivity contribution in [3.8, 4) is 0 Å². The van der Waals surface area contributed by atoms with E-state index in [1.807, 2.05) is 0 Å². The normalized spacial score (nSPS) is 12.6. The number of nitrogens with two attached hydrogens (primary N) is 1. The molecule has 0 amide bonds. The number of hydrogen-bond donors (Lipinski definition) is 1. The molecule has 0 aliphatic heterocycles. The summed E-state index contributed by atoms with van der Waals surface area (Å²) in [6.45, 7) is 0. The predicted octanol–water partition coefficient (Wildman–Crippen LogP) is 1.57. The lowest BCUT2D eigenvalue weighted by Gasteiger charge is -2.06. The van der Waals surface area contributed by atoms with Gasteiger partial charge in [0.05, 0.1) is 17.0 Å². The molecule has 66 valence electrons. The fourth-order valence-corrected chi connectivity index (χ4v) is 1.92. The van der Waals surface area contributed by atoms with Gasteiger partial charge in [-0.15, -0.1) is 11.3 Å². The third kappa shape index (κ3) is 1.77. The highest BCUT2D eigenvalue weighted by atomic mass is 35.5. The van der Waals surface area contributed by atoms with Crippen molar-refractivity contribution in [3.05, 3.63) is 21.3 Å². The summed E-state index contributed by atoms with van der Waals surface area (Å²) < 4.78 is 4.47. The Bertz CT molecular complexity index is 287. The summed E-state index contributed by atoms with van der Waals surface area (Å²) in [6, 6.07) is 0.937. The summed E-state index contributed by atoms with van der Waals surface area (Å²) in [5, 5.41) is 2.29. The monoisotopic (exact) mass is 205 g/mol. The van der Waals surface area contributed by atoms with E-state index < -0.39 is 12.0 Å². The Kier molecular flexibility index (Phi) is 3.08. The molecular weight excluding hydrogens is 198 g/mol. The minimum Gasteiger partial charge on any atom is -0.468 e. The van der Waals surface area contributed by atoms with Gasteiger partial charge in [0, 0.05) is 0 Å². The lowest BCUT2D eigenvalue weighted by Crippen LogP contribution is -2.21. The smallest absolute Gasteiger partial charge is 0.328 e. The Morgan fingerprint density at radius 1 is 1.83 bits per heavy atom. The summed E-state index contributed by atoms with van der Waals surface area (Å²) in [5.41, 5.74) is 5.55. The van der Waals surface area contributed by atoms with E-state index in [0.717, 1.165) is 0 Å². The van der Waals surface area contributed by atoms with E-state index in [9.17, 15) is 4.79 Å². The summed E-state index contributed by atoms with van der Waals surface area (Å²) in [4.78, 5) is 11.6. The first-order valence-electron chi connectivity index (χ1n) is 3.23. The van der Waals surface area contributed by atoms with E-state index in [0.29, 0.717) is 9.90 Å². The third-order valence-corrected chi connectivity index (χ3v) is 2.82. The standard InChI is InChI=1S/C7H8ClNO2S/c1-11-7(10)5(9)6-4(8)2-3-12-6/h2-3,5H,9H2,1H3/t5-/m1/s1. The zero-order valence-electron chi connectivity index (χ0n) is 6.41. The molecule has 1 heterocycles. The summed E-state index contributed by atoms with van der Waals surface area (Å²) in [7, 11) is 1.30. The van der Waals surface area contributed by atoms with Crippen LogP contribution in [0.5, 0.6) is 0 Å². The second-order valence-corrected chi connectivity index (χ2v) is 3.49. The van der Waals surface area contributed by atoms with E-state index in [1.165, 1.54) is 18.4 Å². The van der Waals surface area contributed by atoms with Gasteiger partial charge in [-0.2, -0.15) is 0 Å². The van der Waals surface area contributed by atoms with Gasteiger partial charge in [0.2, 0.25) is 0 Å². The molecule has 3 nitrogen and oxygen atoms in total. The molecule has 0 aromatic carbocycles. The Morgan fingerprint density at radius 2 is 2.50 bits per heavy atom. The first-order valence-corrected chi connectivity index (χ1v) is 4.49. The highest BCUT2D eigenvalue weighted by molar-refractivity contribution is 7.10. The number of thiophene rings is 1. The molecule has 0 radical (unpaired) electrons. The minimum atomic E-state index is -0.762. The van der Waals surface area contributed by atoms with Crippen molar-refractivity contribution in [2.45, 2.75) is 6.04 Å². The molecule has 1 aromatic rings. The van der Waals surface area contributed by atoms with Gasteiger partial charge in [-0.3, -0.25) is 0 Å². The van der Waals surface area contributed by atoms with Crippen LogP contribution in [-0.4, -0.2) is 13.1 Å². The quantitative estimate of drug-likeness (QED) is 0.746. The average Bonchev–Trinajstić information content (AvgIpc) is 2.48. The number of methoxy groups -OCH3 is 1. The van der Waals surface area contributed by atoms with Gasteiger partial charge in [-0.1, -0.05) is 11.6 Å². The molecule has 5 heteroatoms. The Labute approximate surface area is 79.1 Å². The van der Waals surface area contributed by atoms with Crippen molar-refractivity contribution in [2.24, 2.45) is 5.73 Å². The highest BCUT2D eigenvalue weighted by Crippen LogP contribution is 2.27. The Hall–Kier alpha value is -0.580. The van der Waals surface area contributed by atoms with Crippen LogP contribution in [0, 0.1) is 0 Å². The van der Waals surface area contributed by atoms with Gasteiger partial charge in [-0.25, -0.2) is 4.79 Å². The van der Waals surface area contributed by atoms with E-state index in [4.69, 9.17) is 17.3 Å². The van der Waals surface area contributed by atoms with Crippen LogP contribution >= 0.6 is 22.9 Å². The zero-order chi connectivity index (χ0) is 9.14. The van der Waals surface area contributed by atoms with Gasteiger partial charge in [-0.05, 0) is 11.4 Å². The zero-order valence-corrected chi connectivity index (χ0v) is 7.98. The predicted molar refractivity (Wildman–Crippen MR) is 48.3 cm³/mol. The second-order valence-electron chi connectivity index (χ2n) is 2.13. The van der Waals surface area contributed by atoms with E-state index >= 15 is 0 Å². The highest BCUT2D eigenvalue weighted by Gasteiger charge is 2.19. The summed E-state index contributed by atoms with van der Waals surface area (Å²) in [6.07, 6.45) is 0. The number of rotatable bonds is 2. The minimum absolute atomic E-state index is 0.473. The molecular formula is C7H8ClNO2S.